The first kappa shape index (κ1) is 17.9. The van der Waals surface area contributed by atoms with E-state index in [4.69, 9.17) is 4.74 Å². The third kappa shape index (κ3) is 4.20. The molecule has 3 rings (SSSR count). The fourth-order valence-corrected chi connectivity index (χ4v) is 2.98. The number of rotatable bonds is 4. The van der Waals surface area contributed by atoms with Crippen LogP contribution in [-0.2, 0) is 4.74 Å². The lowest BCUT2D eigenvalue weighted by molar-refractivity contribution is 0.0600. The summed E-state index contributed by atoms with van der Waals surface area (Å²) in [5.74, 6) is 0.933. The van der Waals surface area contributed by atoms with Gasteiger partial charge in [0.1, 0.15) is 5.82 Å². The average Bonchev–Trinajstić information content (AvgIpc) is 2.68. The summed E-state index contributed by atoms with van der Waals surface area (Å²) in [6.07, 6.45) is 3.69. The van der Waals surface area contributed by atoms with E-state index in [0.29, 0.717) is 22.9 Å². The van der Waals surface area contributed by atoms with Crippen LogP contribution in [-0.4, -0.2) is 42.0 Å². The molecule has 26 heavy (non-hydrogen) atoms. The van der Waals surface area contributed by atoms with E-state index in [1.807, 2.05) is 11.0 Å². The van der Waals surface area contributed by atoms with Gasteiger partial charge in [0.25, 0.3) is 5.91 Å². The Kier molecular flexibility index (Phi) is 5.51. The topological polar surface area (TPSA) is 71.5 Å². The van der Waals surface area contributed by atoms with Crippen molar-refractivity contribution in [2.75, 3.05) is 25.5 Å². The minimum atomic E-state index is -0.390. The molecule has 0 aliphatic carbocycles. The van der Waals surface area contributed by atoms with Gasteiger partial charge in [0.15, 0.2) is 0 Å². The quantitative estimate of drug-likeness (QED) is 0.852. The summed E-state index contributed by atoms with van der Waals surface area (Å²) < 4.78 is 4.72. The number of aromatic nitrogens is 1. The van der Waals surface area contributed by atoms with Gasteiger partial charge < -0.3 is 15.0 Å². The van der Waals surface area contributed by atoms with Crippen LogP contribution in [0.3, 0.4) is 0 Å². The second kappa shape index (κ2) is 7.99. The SMILES string of the molecule is COC(=O)c1cccc(Nc2ccc(C(=O)N3CCC(C)CC3)cn2)c1. The number of amides is 1. The summed E-state index contributed by atoms with van der Waals surface area (Å²) in [4.78, 5) is 30.4. The molecule has 2 heterocycles. The van der Waals surface area contributed by atoms with Gasteiger partial charge in [-0.2, -0.15) is 0 Å². The van der Waals surface area contributed by atoms with Crippen molar-refractivity contribution in [2.45, 2.75) is 19.8 Å². The van der Waals surface area contributed by atoms with Crippen LogP contribution in [0.1, 0.15) is 40.5 Å². The molecule has 1 fully saturated rings. The number of hydrogen-bond acceptors (Lipinski definition) is 5. The maximum atomic E-state index is 12.5. The lowest BCUT2D eigenvalue weighted by atomic mass is 9.99. The summed E-state index contributed by atoms with van der Waals surface area (Å²) in [6, 6.07) is 10.5. The lowest BCUT2D eigenvalue weighted by Crippen LogP contribution is -2.37. The van der Waals surface area contributed by atoms with Gasteiger partial charge >= 0.3 is 5.97 Å². The molecule has 2 aromatic rings. The minimum Gasteiger partial charge on any atom is -0.465 e. The Labute approximate surface area is 153 Å². The summed E-state index contributed by atoms with van der Waals surface area (Å²) in [6.45, 7) is 3.83. The Balaban J connectivity index is 1.66. The smallest absolute Gasteiger partial charge is 0.337 e. The number of anilines is 2. The van der Waals surface area contributed by atoms with Crippen LogP contribution < -0.4 is 5.32 Å². The minimum absolute atomic E-state index is 0.0311. The third-order valence-corrected chi connectivity index (χ3v) is 4.64. The number of esters is 1. The van der Waals surface area contributed by atoms with Crippen molar-refractivity contribution >= 4 is 23.4 Å². The molecule has 0 spiro atoms. The molecule has 136 valence electrons. The van der Waals surface area contributed by atoms with E-state index in [1.54, 1.807) is 36.5 Å². The highest BCUT2D eigenvalue weighted by atomic mass is 16.5. The zero-order valence-corrected chi connectivity index (χ0v) is 15.1. The number of ether oxygens (including phenoxy) is 1. The third-order valence-electron chi connectivity index (χ3n) is 4.64. The molecule has 0 radical (unpaired) electrons. The monoisotopic (exact) mass is 353 g/mol. The van der Waals surface area contributed by atoms with Crippen LogP contribution >= 0.6 is 0 Å². The van der Waals surface area contributed by atoms with Crippen molar-refractivity contribution in [3.05, 3.63) is 53.7 Å². The van der Waals surface area contributed by atoms with Crippen molar-refractivity contribution in [3.8, 4) is 0 Å². The van der Waals surface area contributed by atoms with Crippen LogP contribution in [0.15, 0.2) is 42.6 Å². The van der Waals surface area contributed by atoms with Crippen LogP contribution in [0.2, 0.25) is 0 Å². The van der Waals surface area contributed by atoms with Crippen molar-refractivity contribution < 1.29 is 14.3 Å². The summed E-state index contributed by atoms with van der Waals surface area (Å²) in [5.41, 5.74) is 1.78. The molecular weight excluding hydrogens is 330 g/mol. The second-order valence-corrected chi connectivity index (χ2v) is 6.60. The van der Waals surface area contributed by atoms with E-state index in [1.165, 1.54) is 7.11 Å². The first-order valence-corrected chi connectivity index (χ1v) is 8.77. The number of nitrogens with zero attached hydrogens (tertiary/aromatic N) is 2. The second-order valence-electron chi connectivity index (χ2n) is 6.60. The molecule has 1 aromatic carbocycles. The van der Waals surface area contributed by atoms with E-state index < -0.39 is 5.97 Å². The highest BCUT2D eigenvalue weighted by molar-refractivity contribution is 5.94. The zero-order valence-electron chi connectivity index (χ0n) is 15.1. The summed E-state index contributed by atoms with van der Waals surface area (Å²) in [7, 11) is 1.35. The highest BCUT2D eigenvalue weighted by Crippen LogP contribution is 2.20. The van der Waals surface area contributed by atoms with Gasteiger partial charge in [-0.1, -0.05) is 13.0 Å². The number of piperidine rings is 1. The number of carbonyl (C=O) groups excluding carboxylic acids is 2. The first-order chi connectivity index (χ1) is 12.6. The highest BCUT2D eigenvalue weighted by Gasteiger charge is 2.21. The fraction of sp³-hybridized carbons (Fsp3) is 0.350. The fourth-order valence-electron chi connectivity index (χ4n) is 2.98. The van der Waals surface area contributed by atoms with Crippen molar-refractivity contribution in [1.82, 2.24) is 9.88 Å². The molecule has 6 nitrogen and oxygen atoms in total. The molecular formula is C20H23N3O3. The van der Waals surface area contributed by atoms with Gasteiger partial charge in [0.2, 0.25) is 0 Å². The van der Waals surface area contributed by atoms with Crippen LogP contribution in [0, 0.1) is 5.92 Å². The number of pyridine rings is 1. The number of methoxy groups -OCH3 is 1. The number of carbonyl (C=O) groups is 2. The largest absolute Gasteiger partial charge is 0.465 e. The molecule has 0 bridgehead atoms. The lowest BCUT2D eigenvalue weighted by Gasteiger charge is -2.30. The van der Waals surface area contributed by atoms with Gasteiger partial charge in [0, 0.05) is 25.0 Å². The standard InChI is InChI=1S/C20H23N3O3/c1-14-8-10-23(11-9-14)19(24)16-6-7-18(21-13-16)22-17-5-3-4-15(12-17)20(25)26-2/h3-7,12-14H,8-11H2,1-2H3,(H,21,22). The van der Waals surface area contributed by atoms with Crippen LogP contribution in [0.25, 0.3) is 0 Å². The van der Waals surface area contributed by atoms with E-state index in [-0.39, 0.29) is 5.91 Å². The summed E-state index contributed by atoms with van der Waals surface area (Å²) in [5, 5.41) is 3.13. The molecule has 6 heteroatoms. The summed E-state index contributed by atoms with van der Waals surface area (Å²) >= 11 is 0. The van der Waals surface area contributed by atoms with Crippen LogP contribution in [0.5, 0.6) is 0 Å². The predicted molar refractivity (Wildman–Crippen MR) is 99.6 cm³/mol. The first-order valence-electron chi connectivity index (χ1n) is 8.77. The molecule has 1 aliphatic rings. The maximum absolute atomic E-state index is 12.5. The molecule has 1 saturated heterocycles. The Bertz CT molecular complexity index is 781. The van der Waals surface area contributed by atoms with E-state index in [9.17, 15) is 9.59 Å². The molecule has 1 aromatic heterocycles. The number of likely N-dealkylation sites (tertiary alicyclic amines) is 1. The number of hydrogen-bond donors (Lipinski definition) is 1. The van der Waals surface area contributed by atoms with Gasteiger partial charge in [-0.25, -0.2) is 9.78 Å². The van der Waals surface area contributed by atoms with Crippen molar-refractivity contribution in [3.63, 3.8) is 0 Å². The number of benzene rings is 1. The molecule has 1 aliphatic heterocycles. The zero-order chi connectivity index (χ0) is 18.5. The Morgan fingerprint density at radius 3 is 2.58 bits per heavy atom. The molecule has 1 amide bonds. The average molecular weight is 353 g/mol. The van der Waals surface area contributed by atoms with Gasteiger partial charge in [0.05, 0.1) is 18.2 Å². The Morgan fingerprint density at radius 1 is 1.15 bits per heavy atom. The maximum Gasteiger partial charge on any atom is 0.337 e. The molecule has 1 N–H and O–H groups in total. The van der Waals surface area contributed by atoms with Gasteiger partial charge in [-0.05, 0) is 49.1 Å². The predicted octanol–water partition coefficient (Wildman–Crippen LogP) is 3.48. The van der Waals surface area contributed by atoms with Crippen molar-refractivity contribution in [2.24, 2.45) is 5.92 Å². The van der Waals surface area contributed by atoms with Gasteiger partial charge in [-0.15, -0.1) is 0 Å². The Hall–Kier alpha value is -2.89. The van der Waals surface area contributed by atoms with E-state index >= 15 is 0 Å². The normalized spacial score (nSPS) is 14.8. The molecule has 0 unspecified atom stereocenters. The molecule has 0 saturated carbocycles. The van der Waals surface area contributed by atoms with E-state index in [2.05, 4.69) is 17.2 Å². The van der Waals surface area contributed by atoms with E-state index in [0.717, 1.165) is 31.6 Å². The van der Waals surface area contributed by atoms with Gasteiger partial charge in [-0.3, -0.25) is 4.79 Å². The Morgan fingerprint density at radius 2 is 1.92 bits per heavy atom. The van der Waals surface area contributed by atoms with Crippen LogP contribution in [0.4, 0.5) is 11.5 Å². The number of nitrogens with one attached hydrogen (secondary N) is 1. The van der Waals surface area contributed by atoms with Crippen molar-refractivity contribution in [1.29, 1.82) is 0 Å². The molecule has 0 atom stereocenters.